The molecular weight excluding hydrogens is 433 g/mol. The standard InChI is InChI=1S/C23H20FN3O6/c1-13(2)20(27-21(28)16-5-3-4-6-17(16)22(27)29)23(30)32-12-19-25-18(26-33-19)11-31-15-9-7-14(24)8-10-15/h3-10,13,20H,11-12H2,1-2H3. The van der Waals surface area contributed by atoms with Gasteiger partial charge in [0.05, 0.1) is 11.1 Å². The normalized spacial score (nSPS) is 13.9. The molecule has 0 bridgehead atoms. The summed E-state index contributed by atoms with van der Waals surface area (Å²) in [5.74, 6) is -1.96. The fourth-order valence-corrected chi connectivity index (χ4v) is 3.44. The van der Waals surface area contributed by atoms with E-state index >= 15 is 0 Å². The van der Waals surface area contributed by atoms with E-state index in [1.165, 1.54) is 24.3 Å². The van der Waals surface area contributed by atoms with Gasteiger partial charge in [-0.25, -0.2) is 9.18 Å². The summed E-state index contributed by atoms with van der Waals surface area (Å²) >= 11 is 0. The quantitative estimate of drug-likeness (QED) is 0.378. The van der Waals surface area contributed by atoms with Crippen molar-refractivity contribution in [3.05, 3.63) is 77.2 Å². The number of hydrogen-bond acceptors (Lipinski definition) is 8. The molecule has 2 amide bonds. The van der Waals surface area contributed by atoms with Gasteiger partial charge in [0.1, 0.15) is 17.6 Å². The van der Waals surface area contributed by atoms with Gasteiger partial charge in [0, 0.05) is 0 Å². The minimum atomic E-state index is -1.11. The number of carbonyl (C=O) groups is 3. The van der Waals surface area contributed by atoms with Crippen molar-refractivity contribution in [1.82, 2.24) is 15.0 Å². The maximum Gasteiger partial charge on any atom is 0.330 e. The van der Waals surface area contributed by atoms with Gasteiger partial charge < -0.3 is 14.0 Å². The maximum absolute atomic E-state index is 12.9. The van der Waals surface area contributed by atoms with Crippen molar-refractivity contribution in [1.29, 1.82) is 0 Å². The van der Waals surface area contributed by atoms with Crippen LogP contribution in [0, 0.1) is 11.7 Å². The molecule has 1 aromatic heterocycles. The Hall–Kier alpha value is -4.08. The SMILES string of the molecule is CC(C)C(C(=O)OCc1nc(COc2ccc(F)cc2)no1)N1C(=O)c2ccccc2C1=O. The molecule has 1 aliphatic heterocycles. The predicted molar refractivity (Wildman–Crippen MR) is 110 cm³/mol. The third-order valence-electron chi connectivity index (χ3n) is 5.01. The number of imide groups is 1. The van der Waals surface area contributed by atoms with Crippen molar-refractivity contribution in [2.45, 2.75) is 33.1 Å². The molecule has 4 rings (SSSR count). The summed E-state index contributed by atoms with van der Waals surface area (Å²) in [7, 11) is 0. The van der Waals surface area contributed by atoms with E-state index in [0.29, 0.717) is 5.75 Å². The number of fused-ring (bicyclic) bond motifs is 1. The summed E-state index contributed by atoms with van der Waals surface area (Å²) in [6.07, 6.45) is 0. The van der Waals surface area contributed by atoms with Gasteiger partial charge in [0.15, 0.2) is 13.2 Å². The third-order valence-corrected chi connectivity index (χ3v) is 5.01. The van der Waals surface area contributed by atoms with Crippen LogP contribution in [-0.2, 0) is 22.7 Å². The zero-order valence-electron chi connectivity index (χ0n) is 17.9. The van der Waals surface area contributed by atoms with Crippen molar-refractivity contribution in [3.8, 4) is 5.75 Å². The smallest absolute Gasteiger partial charge is 0.330 e. The van der Waals surface area contributed by atoms with Gasteiger partial charge in [-0.2, -0.15) is 4.98 Å². The highest BCUT2D eigenvalue weighted by atomic mass is 19.1. The lowest BCUT2D eigenvalue weighted by molar-refractivity contribution is -0.152. The summed E-state index contributed by atoms with van der Waals surface area (Å²) in [5, 5.41) is 3.74. The molecule has 1 unspecified atom stereocenters. The molecule has 0 radical (unpaired) electrons. The van der Waals surface area contributed by atoms with E-state index in [0.717, 1.165) is 4.90 Å². The highest BCUT2D eigenvalue weighted by Crippen LogP contribution is 2.27. The number of ether oxygens (including phenoxy) is 2. The van der Waals surface area contributed by atoms with Crippen molar-refractivity contribution < 1.29 is 32.8 Å². The van der Waals surface area contributed by atoms with Gasteiger partial charge >= 0.3 is 5.97 Å². The molecule has 2 aromatic carbocycles. The zero-order chi connectivity index (χ0) is 23.5. The predicted octanol–water partition coefficient (Wildman–Crippen LogP) is 3.15. The average molecular weight is 453 g/mol. The van der Waals surface area contributed by atoms with Crippen LogP contribution in [0.5, 0.6) is 5.75 Å². The number of nitrogens with zero attached hydrogens (tertiary/aromatic N) is 3. The lowest BCUT2D eigenvalue weighted by Gasteiger charge is -2.27. The Morgan fingerprint density at radius 1 is 1.03 bits per heavy atom. The van der Waals surface area contributed by atoms with Gasteiger partial charge in [0.25, 0.3) is 17.7 Å². The average Bonchev–Trinajstić information content (AvgIpc) is 3.36. The Morgan fingerprint density at radius 2 is 1.67 bits per heavy atom. The summed E-state index contributed by atoms with van der Waals surface area (Å²) in [6, 6.07) is 10.7. The van der Waals surface area contributed by atoms with Crippen LogP contribution in [-0.4, -0.2) is 38.9 Å². The number of halogens is 1. The molecule has 3 aromatic rings. The number of benzene rings is 2. The lowest BCUT2D eigenvalue weighted by Crippen LogP contribution is -2.48. The Balaban J connectivity index is 1.38. The van der Waals surface area contributed by atoms with Crippen molar-refractivity contribution in [2.24, 2.45) is 5.92 Å². The van der Waals surface area contributed by atoms with E-state index in [9.17, 15) is 18.8 Å². The molecule has 1 atom stereocenters. The van der Waals surface area contributed by atoms with Gasteiger partial charge in [-0.1, -0.05) is 31.1 Å². The van der Waals surface area contributed by atoms with Crippen LogP contribution in [0.2, 0.25) is 0 Å². The van der Waals surface area contributed by atoms with E-state index in [2.05, 4.69) is 10.1 Å². The molecule has 0 spiro atoms. The molecule has 33 heavy (non-hydrogen) atoms. The summed E-state index contributed by atoms with van der Waals surface area (Å²) in [6.45, 7) is 3.06. The van der Waals surface area contributed by atoms with Crippen LogP contribution in [0.15, 0.2) is 53.1 Å². The monoisotopic (exact) mass is 453 g/mol. The Bertz CT molecular complexity index is 1160. The van der Waals surface area contributed by atoms with Gasteiger partial charge in [-0.3, -0.25) is 14.5 Å². The van der Waals surface area contributed by atoms with E-state index in [1.807, 2.05) is 0 Å². The number of esters is 1. The molecule has 2 heterocycles. The van der Waals surface area contributed by atoms with Crippen LogP contribution < -0.4 is 4.74 Å². The van der Waals surface area contributed by atoms with Crippen LogP contribution >= 0.6 is 0 Å². The highest BCUT2D eigenvalue weighted by Gasteiger charge is 2.44. The van der Waals surface area contributed by atoms with Crippen LogP contribution in [0.4, 0.5) is 4.39 Å². The topological polar surface area (TPSA) is 112 Å². The fourth-order valence-electron chi connectivity index (χ4n) is 3.44. The van der Waals surface area contributed by atoms with E-state index < -0.39 is 23.8 Å². The Morgan fingerprint density at radius 3 is 2.27 bits per heavy atom. The van der Waals surface area contributed by atoms with E-state index in [-0.39, 0.29) is 47.8 Å². The Kier molecular flexibility index (Phi) is 6.16. The van der Waals surface area contributed by atoms with Gasteiger partial charge in [-0.05, 0) is 42.3 Å². The Labute approximate surface area is 188 Å². The number of rotatable bonds is 8. The summed E-state index contributed by atoms with van der Waals surface area (Å²) in [4.78, 5) is 43.4. The first kappa shape index (κ1) is 22.1. The van der Waals surface area contributed by atoms with E-state index in [1.54, 1.807) is 38.1 Å². The highest BCUT2D eigenvalue weighted by molar-refractivity contribution is 6.22. The molecule has 0 saturated heterocycles. The first-order valence-electron chi connectivity index (χ1n) is 10.2. The first-order valence-corrected chi connectivity index (χ1v) is 10.2. The molecular formula is C23H20FN3O6. The van der Waals surface area contributed by atoms with Crippen molar-refractivity contribution in [3.63, 3.8) is 0 Å². The summed E-state index contributed by atoms with van der Waals surface area (Å²) < 4.78 is 28.7. The fraction of sp³-hybridized carbons (Fsp3) is 0.261. The second-order valence-electron chi connectivity index (χ2n) is 7.67. The number of hydrogen-bond donors (Lipinski definition) is 0. The van der Waals surface area contributed by atoms with Crippen molar-refractivity contribution >= 4 is 17.8 Å². The number of amides is 2. The minimum Gasteiger partial charge on any atom is -0.485 e. The zero-order valence-corrected chi connectivity index (χ0v) is 17.9. The first-order chi connectivity index (χ1) is 15.8. The second kappa shape index (κ2) is 9.19. The van der Waals surface area contributed by atoms with Gasteiger partial charge in [0.2, 0.25) is 5.82 Å². The second-order valence-corrected chi connectivity index (χ2v) is 7.67. The molecule has 0 N–H and O–H groups in total. The molecule has 170 valence electrons. The number of aromatic nitrogens is 2. The van der Waals surface area contributed by atoms with Gasteiger partial charge in [-0.15, -0.1) is 0 Å². The third kappa shape index (κ3) is 4.59. The van der Waals surface area contributed by atoms with Crippen LogP contribution in [0.25, 0.3) is 0 Å². The number of carbonyl (C=O) groups excluding carboxylic acids is 3. The maximum atomic E-state index is 12.9. The minimum absolute atomic E-state index is 0.0194. The van der Waals surface area contributed by atoms with E-state index in [4.69, 9.17) is 14.0 Å². The van der Waals surface area contributed by atoms with Crippen LogP contribution in [0.1, 0.15) is 46.3 Å². The van der Waals surface area contributed by atoms with Crippen LogP contribution in [0.3, 0.4) is 0 Å². The molecule has 1 aliphatic rings. The van der Waals surface area contributed by atoms with Crippen molar-refractivity contribution in [2.75, 3.05) is 0 Å². The molecule has 0 fully saturated rings. The molecule has 10 heteroatoms. The molecule has 0 aliphatic carbocycles. The molecule has 0 saturated carbocycles. The largest absolute Gasteiger partial charge is 0.485 e. The summed E-state index contributed by atoms with van der Waals surface area (Å²) in [5.41, 5.74) is 0.507. The molecule has 9 nitrogen and oxygen atoms in total. The lowest BCUT2D eigenvalue weighted by atomic mass is 10.0.